The van der Waals surface area contributed by atoms with E-state index in [-0.39, 0.29) is 5.69 Å². The fourth-order valence-electron chi connectivity index (χ4n) is 1.92. The molecule has 2 aromatic rings. The van der Waals surface area contributed by atoms with Crippen LogP contribution >= 0.6 is 15.9 Å². The summed E-state index contributed by atoms with van der Waals surface area (Å²) in [5.41, 5.74) is 2.05. The number of hydrogen-bond donors (Lipinski definition) is 1. The largest absolute Gasteiger partial charge is 0.476 e. The molecule has 0 amide bonds. The Kier molecular flexibility index (Phi) is 2.70. The second kappa shape index (κ2) is 4.24. The molecule has 0 bridgehead atoms. The zero-order chi connectivity index (χ0) is 12.7. The molecular formula is C13H10BrNO3. The molecule has 4 nitrogen and oxygen atoms in total. The molecule has 0 unspecified atom stereocenters. The topological polar surface area (TPSA) is 63.3 Å². The molecule has 0 aliphatic heterocycles. The van der Waals surface area contributed by atoms with E-state index in [9.17, 15) is 4.79 Å². The number of carboxylic acids is 1. The van der Waals surface area contributed by atoms with Crippen molar-refractivity contribution < 1.29 is 14.4 Å². The Morgan fingerprint density at radius 2 is 2.17 bits per heavy atom. The zero-order valence-electron chi connectivity index (χ0n) is 9.39. The third-order valence-electron chi connectivity index (χ3n) is 3.03. The molecule has 3 rings (SSSR count). The summed E-state index contributed by atoms with van der Waals surface area (Å²) in [6.07, 6.45) is 2.48. The molecule has 0 saturated heterocycles. The Balaban J connectivity index is 1.95. The molecule has 1 heterocycles. The second-order valence-electron chi connectivity index (χ2n) is 4.39. The van der Waals surface area contributed by atoms with E-state index < -0.39 is 5.97 Å². The van der Waals surface area contributed by atoms with E-state index in [0.29, 0.717) is 11.7 Å². The van der Waals surface area contributed by atoms with Gasteiger partial charge in [-0.1, -0.05) is 33.2 Å². The lowest BCUT2D eigenvalue weighted by molar-refractivity contribution is 0.0686. The van der Waals surface area contributed by atoms with Crippen molar-refractivity contribution in [3.63, 3.8) is 0 Å². The molecule has 1 aliphatic rings. The van der Waals surface area contributed by atoms with E-state index in [1.807, 2.05) is 12.1 Å². The fourth-order valence-corrected chi connectivity index (χ4v) is 2.62. The monoisotopic (exact) mass is 307 g/mol. The van der Waals surface area contributed by atoms with Crippen LogP contribution in [-0.4, -0.2) is 16.2 Å². The molecule has 1 aromatic carbocycles. The summed E-state index contributed by atoms with van der Waals surface area (Å²) in [5, 5.41) is 12.3. The minimum atomic E-state index is -1.08. The van der Waals surface area contributed by atoms with Gasteiger partial charge in [0.1, 0.15) is 0 Å². The molecule has 0 radical (unpaired) electrons. The average molecular weight is 308 g/mol. The van der Waals surface area contributed by atoms with Gasteiger partial charge < -0.3 is 9.63 Å². The molecule has 1 aromatic heterocycles. The SMILES string of the molecule is O=C(O)c1cc(-c2ccc(C3CC3)c(Br)c2)on1. The Hall–Kier alpha value is -1.62. The van der Waals surface area contributed by atoms with Crippen LogP contribution in [-0.2, 0) is 0 Å². The van der Waals surface area contributed by atoms with Crippen LogP contribution in [0.2, 0.25) is 0 Å². The van der Waals surface area contributed by atoms with E-state index in [1.165, 1.54) is 24.5 Å². The van der Waals surface area contributed by atoms with Gasteiger partial charge in [0.2, 0.25) is 0 Å². The first kappa shape index (κ1) is 11.5. The molecule has 92 valence electrons. The highest BCUT2D eigenvalue weighted by Gasteiger charge is 2.25. The maximum absolute atomic E-state index is 10.7. The molecule has 1 fully saturated rings. The average Bonchev–Trinajstić information content (AvgIpc) is 3.05. The highest BCUT2D eigenvalue weighted by Crippen LogP contribution is 2.44. The van der Waals surface area contributed by atoms with Crippen molar-refractivity contribution in [3.05, 3.63) is 40.0 Å². The van der Waals surface area contributed by atoms with Gasteiger partial charge in [0, 0.05) is 16.1 Å². The van der Waals surface area contributed by atoms with Gasteiger partial charge in [-0.25, -0.2) is 4.79 Å². The normalized spacial score (nSPS) is 14.7. The van der Waals surface area contributed by atoms with Crippen LogP contribution in [0.1, 0.15) is 34.8 Å². The zero-order valence-corrected chi connectivity index (χ0v) is 11.0. The molecule has 18 heavy (non-hydrogen) atoms. The lowest BCUT2D eigenvalue weighted by Gasteiger charge is -2.03. The first-order valence-corrected chi connectivity index (χ1v) is 6.44. The number of aromatic nitrogens is 1. The minimum Gasteiger partial charge on any atom is -0.476 e. The van der Waals surface area contributed by atoms with E-state index in [0.717, 1.165) is 10.0 Å². The molecule has 1 N–H and O–H groups in total. The van der Waals surface area contributed by atoms with Crippen LogP contribution in [0.15, 0.2) is 33.3 Å². The number of benzene rings is 1. The van der Waals surface area contributed by atoms with E-state index in [2.05, 4.69) is 27.2 Å². The van der Waals surface area contributed by atoms with Crippen LogP contribution in [0.5, 0.6) is 0 Å². The smallest absolute Gasteiger partial charge is 0.358 e. The number of aromatic carboxylic acids is 1. The van der Waals surface area contributed by atoms with E-state index in [1.54, 1.807) is 0 Å². The summed E-state index contributed by atoms with van der Waals surface area (Å²) >= 11 is 3.54. The molecule has 1 saturated carbocycles. The van der Waals surface area contributed by atoms with Crippen LogP contribution in [0, 0.1) is 0 Å². The summed E-state index contributed by atoms with van der Waals surface area (Å²) in [7, 11) is 0. The predicted molar refractivity (Wildman–Crippen MR) is 68.6 cm³/mol. The van der Waals surface area contributed by atoms with Gasteiger partial charge >= 0.3 is 5.97 Å². The summed E-state index contributed by atoms with van der Waals surface area (Å²) in [4.78, 5) is 10.7. The van der Waals surface area contributed by atoms with Crippen molar-refractivity contribution in [2.45, 2.75) is 18.8 Å². The maximum atomic E-state index is 10.7. The quantitative estimate of drug-likeness (QED) is 0.939. The van der Waals surface area contributed by atoms with Gasteiger partial charge in [0.25, 0.3) is 0 Å². The van der Waals surface area contributed by atoms with Gasteiger partial charge in [-0.2, -0.15) is 0 Å². The van der Waals surface area contributed by atoms with Gasteiger partial charge in [-0.05, 0) is 30.4 Å². The number of hydrogen-bond acceptors (Lipinski definition) is 3. The van der Waals surface area contributed by atoms with E-state index in [4.69, 9.17) is 9.63 Å². The Morgan fingerprint density at radius 3 is 2.72 bits per heavy atom. The van der Waals surface area contributed by atoms with Crippen molar-refractivity contribution in [2.75, 3.05) is 0 Å². The van der Waals surface area contributed by atoms with Crippen molar-refractivity contribution in [1.29, 1.82) is 0 Å². The Morgan fingerprint density at radius 1 is 1.39 bits per heavy atom. The standard InChI is InChI=1S/C13H10BrNO3/c14-10-5-8(3-4-9(10)7-1-2-7)12-6-11(13(16)17)15-18-12/h3-7H,1-2H2,(H,16,17). The molecule has 5 heteroatoms. The van der Waals surface area contributed by atoms with Crippen LogP contribution < -0.4 is 0 Å². The minimum absolute atomic E-state index is 0.0765. The number of nitrogens with zero attached hydrogens (tertiary/aromatic N) is 1. The van der Waals surface area contributed by atoms with E-state index >= 15 is 0 Å². The van der Waals surface area contributed by atoms with Crippen LogP contribution in [0.4, 0.5) is 0 Å². The predicted octanol–water partition coefficient (Wildman–Crippen LogP) is 3.68. The lowest BCUT2D eigenvalue weighted by atomic mass is 10.1. The van der Waals surface area contributed by atoms with Crippen molar-refractivity contribution in [2.24, 2.45) is 0 Å². The van der Waals surface area contributed by atoms with Gasteiger partial charge in [-0.3, -0.25) is 0 Å². The summed E-state index contributed by atoms with van der Waals surface area (Å²) in [6.45, 7) is 0. The highest BCUT2D eigenvalue weighted by atomic mass is 79.9. The fraction of sp³-hybridized carbons (Fsp3) is 0.231. The number of carbonyl (C=O) groups is 1. The van der Waals surface area contributed by atoms with Crippen molar-refractivity contribution in [3.8, 4) is 11.3 Å². The third kappa shape index (κ3) is 2.06. The summed E-state index contributed by atoms with van der Waals surface area (Å²) in [6, 6.07) is 7.37. The molecule has 0 spiro atoms. The second-order valence-corrected chi connectivity index (χ2v) is 5.25. The third-order valence-corrected chi connectivity index (χ3v) is 3.72. The van der Waals surface area contributed by atoms with Gasteiger partial charge in [0.05, 0.1) is 0 Å². The number of rotatable bonds is 3. The number of carboxylic acid groups (broad SMARTS) is 1. The lowest BCUT2D eigenvalue weighted by Crippen LogP contribution is -1.94. The van der Waals surface area contributed by atoms with Crippen molar-refractivity contribution >= 4 is 21.9 Å². The van der Waals surface area contributed by atoms with Gasteiger partial charge in [-0.15, -0.1) is 0 Å². The Labute approximate surface area is 112 Å². The first-order valence-electron chi connectivity index (χ1n) is 5.65. The molecule has 0 atom stereocenters. The number of halogens is 1. The van der Waals surface area contributed by atoms with Crippen molar-refractivity contribution in [1.82, 2.24) is 5.16 Å². The first-order chi connectivity index (χ1) is 8.65. The highest BCUT2D eigenvalue weighted by molar-refractivity contribution is 9.10. The molecule has 1 aliphatic carbocycles. The maximum Gasteiger partial charge on any atom is 0.358 e. The summed E-state index contributed by atoms with van der Waals surface area (Å²) in [5.74, 6) is 0.0480. The van der Waals surface area contributed by atoms with Crippen LogP contribution in [0.25, 0.3) is 11.3 Å². The molecular weight excluding hydrogens is 298 g/mol. The van der Waals surface area contributed by atoms with Gasteiger partial charge in [0.15, 0.2) is 11.5 Å². The Bertz CT molecular complexity index is 616. The summed E-state index contributed by atoms with van der Waals surface area (Å²) < 4.78 is 6.07. The van der Waals surface area contributed by atoms with Crippen LogP contribution in [0.3, 0.4) is 0 Å².